The first-order valence-electron chi connectivity index (χ1n) is 8.37. The van der Waals surface area contributed by atoms with Crippen molar-refractivity contribution in [2.45, 2.75) is 50.9 Å². The van der Waals surface area contributed by atoms with Crippen LogP contribution in [0.2, 0.25) is 0 Å². The first kappa shape index (κ1) is 15.0. The van der Waals surface area contributed by atoms with E-state index >= 15 is 0 Å². The highest BCUT2D eigenvalue weighted by molar-refractivity contribution is 7.71. The molecule has 0 amide bonds. The van der Waals surface area contributed by atoms with Crippen LogP contribution in [0, 0.1) is 10.6 Å². The Morgan fingerprint density at radius 2 is 2.09 bits per heavy atom. The Hall–Kier alpha value is -1.53. The molecule has 1 aromatic heterocycles. The van der Waals surface area contributed by atoms with Gasteiger partial charge in [0.05, 0.1) is 7.05 Å². The minimum Gasteiger partial charge on any atom is -0.315 e. The minimum atomic E-state index is -0.180. The molecule has 2 saturated carbocycles. The van der Waals surface area contributed by atoms with Gasteiger partial charge in [0.15, 0.2) is 6.67 Å². The number of nitrogens with one attached hydrogen (secondary N) is 1. The van der Waals surface area contributed by atoms with Crippen molar-refractivity contribution in [3.8, 4) is 0 Å². The standard InChI is InChI=1S/C17H21FN4S/c1-20(10-12-3-2-4-14(18)9-12)11-21-17(23)22(15-7-8-15)16(19-21)13-5-6-13/h2-4,9,13,15H,5-8,10-11H2,1H3/p+1. The smallest absolute Gasteiger partial charge is 0.203 e. The molecule has 2 aliphatic rings. The summed E-state index contributed by atoms with van der Waals surface area (Å²) in [6.45, 7) is 1.48. The van der Waals surface area contributed by atoms with Crippen LogP contribution in [0.25, 0.3) is 0 Å². The molecule has 0 aliphatic heterocycles. The molecule has 1 N–H and O–H groups in total. The van der Waals surface area contributed by atoms with Crippen molar-refractivity contribution in [1.82, 2.24) is 14.3 Å². The van der Waals surface area contributed by atoms with Gasteiger partial charge in [-0.25, -0.2) is 4.39 Å². The summed E-state index contributed by atoms with van der Waals surface area (Å²) >= 11 is 5.67. The number of benzene rings is 1. The molecule has 0 spiro atoms. The number of halogens is 1. The maximum absolute atomic E-state index is 13.3. The van der Waals surface area contributed by atoms with E-state index in [1.807, 2.05) is 10.7 Å². The van der Waals surface area contributed by atoms with E-state index in [0.717, 1.165) is 23.5 Å². The van der Waals surface area contributed by atoms with Gasteiger partial charge in [0, 0.05) is 17.5 Å². The average Bonchev–Trinajstić information content (AvgIpc) is 3.40. The van der Waals surface area contributed by atoms with Gasteiger partial charge in [0.25, 0.3) is 0 Å². The molecule has 1 atom stereocenters. The topological polar surface area (TPSA) is 27.2 Å². The Labute approximate surface area is 140 Å². The van der Waals surface area contributed by atoms with Crippen LogP contribution in [0.5, 0.6) is 0 Å². The third kappa shape index (κ3) is 3.23. The predicted octanol–water partition coefficient (Wildman–Crippen LogP) is 2.44. The molecule has 0 radical (unpaired) electrons. The van der Waals surface area contributed by atoms with E-state index < -0.39 is 0 Å². The number of rotatable bonds is 6. The Kier molecular flexibility index (Phi) is 3.81. The monoisotopic (exact) mass is 333 g/mol. The van der Waals surface area contributed by atoms with Crippen molar-refractivity contribution in [2.24, 2.45) is 0 Å². The fraction of sp³-hybridized carbons (Fsp3) is 0.529. The lowest BCUT2D eigenvalue weighted by molar-refractivity contribution is -0.917. The molecule has 122 valence electrons. The molecule has 4 rings (SSSR count). The normalized spacial score (nSPS) is 19.0. The molecule has 0 bridgehead atoms. The summed E-state index contributed by atoms with van der Waals surface area (Å²) in [5.41, 5.74) is 0.998. The first-order valence-corrected chi connectivity index (χ1v) is 8.77. The molecule has 23 heavy (non-hydrogen) atoms. The lowest BCUT2D eigenvalue weighted by atomic mass is 10.2. The van der Waals surface area contributed by atoms with E-state index in [4.69, 9.17) is 17.3 Å². The molecule has 0 saturated heterocycles. The van der Waals surface area contributed by atoms with E-state index in [1.54, 1.807) is 12.1 Å². The van der Waals surface area contributed by atoms with E-state index in [9.17, 15) is 4.39 Å². The summed E-state index contributed by atoms with van der Waals surface area (Å²) in [6.07, 6.45) is 4.94. The van der Waals surface area contributed by atoms with E-state index in [-0.39, 0.29) is 5.82 Å². The number of hydrogen-bond acceptors (Lipinski definition) is 2. The highest BCUT2D eigenvalue weighted by Gasteiger charge is 2.36. The van der Waals surface area contributed by atoms with Crippen LogP contribution in [-0.2, 0) is 13.2 Å². The van der Waals surface area contributed by atoms with Gasteiger partial charge >= 0.3 is 0 Å². The van der Waals surface area contributed by atoms with Crippen molar-refractivity contribution in [2.75, 3.05) is 7.05 Å². The Balaban J connectivity index is 1.52. The molecule has 1 unspecified atom stereocenters. The molecular formula is C17H22FN4S+. The Bertz CT molecular complexity index is 773. The Morgan fingerprint density at radius 1 is 1.30 bits per heavy atom. The van der Waals surface area contributed by atoms with Crippen LogP contribution in [0.4, 0.5) is 4.39 Å². The summed E-state index contributed by atoms with van der Waals surface area (Å²) in [5.74, 6) is 1.62. The minimum absolute atomic E-state index is 0.180. The maximum Gasteiger partial charge on any atom is 0.203 e. The van der Waals surface area contributed by atoms with E-state index in [1.165, 1.54) is 42.5 Å². The highest BCUT2D eigenvalue weighted by Crippen LogP contribution is 2.44. The molecule has 6 heteroatoms. The molecular weight excluding hydrogens is 311 g/mol. The molecule has 1 aromatic carbocycles. The molecule has 2 aliphatic carbocycles. The second-order valence-corrected chi connectivity index (χ2v) is 7.30. The summed E-state index contributed by atoms with van der Waals surface area (Å²) in [4.78, 5) is 1.24. The second kappa shape index (κ2) is 5.83. The average molecular weight is 333 g/mol. The van der Waals surface area contributed by atoms with Crippen molar-refractivity contribution in [3.05, 3.63) is 46.2 Å². The zero-order chi connectivity index (χ0) is 16.0. The van der Waals surface area contributed by atoms with Gasteiger partial charge in [-0.1, -0.05) is 12.1 Å². The van der Waals surface area contributed by atoms with Crippen LogP contribution >= 0.6 is 12.2 Å². The SMILES string of the molecule is C[NH+](Cc1cccc(F)c1)Cn1nc(C2CC2)n(C2CC2)c1=S. The summed E-state index contributed by atoms with van der Waals surface area (Å²) in [5, 5.41) is 4.81. The van der Waals surface area contributed by atoms with Gasteiger partial charge in [0.2, 0.25) is 4.77 Å². The third-order valence-electron chi connectivity index (χ3n) is 4.57. The fourth-order valence-electron chi connectivity index (χ4n) is 3.14. The zero-order valence-corrected chi connectivity index (χ0v) is 14.2. The van der Waals surface area contributed by atoms with Gasteiger partial charge in [0.1, 0.15) is 18.2 Å². The third-order valence-corrected chi connectivity index (χ3v) is 4.97. The first-order chi connectivity index (χ1) is 11.1. The van der Waals surface area contributed by atoms with Crippen molar-refractivity contribution < 1.29 is 9.29 Å². The van der Waals surface area contributed by atoms with Gasteiger partial charge in [-0.2, -0.15) is 9.78 Å². The second-order valence-electron chi connectivity index (χ2n) is 6.94. The zero-order valence-electron chi connectivity index (χ0n) is 13.3. The molecule has 1 heterocycles. The quantitative estimate of drug-likeness (QED) is 0.822. The summed E-state index contributed by atoms with van der Waals surface area (Å²) in [7, 11) is 2.10. The Morgan fingerprint density at radius 3 is 2.74 bits per heavy atom. The summed E-state index contributed by atoms with van der Waals surface area (Å²) < 4.78 is 18.4. The predicted molar refractivity (Wildman–Crippen MR) is 88.3 cm³/mol. The van der Waals surface area contributed by atoms with Crippen LogP contribution in [0.15, 0.2) is 24.3 Å². The van der Waals surface area contributed by atoms with E-state index in [0.29, 0.717) is 12.0 Å². The van der Waals surface area contributed by atoms with Crippen LogP contribution in [-0.4, -0.2) is 21.4 Å². The van der Waals surface area contributed by atoms with Crippen molar-refractivity contribution >= 4 is 12.2 Å². The molecule has 4 nitrogen and oxygen atoms in total. The van der Waals surface area contributed by atoms with Crippen molar-refractivity contribution in [3.63, 3.8) is 0 Å². The van der Waals surface area contributed by atoms with Crippen LogP contribution < -0.4 is 4.90 Å². The molecule has 2 aromatic rings. The largest absolute Gasteiger partial charge is 0.315 e. The highest BCUT2D eigenvalue weighted by atomic mass is 32.1. The van der Waals surface area contributed by atoms with Crippen LogP contribution in [0.1, 0.15) is 49.0 Å². The van der Waals surface area contributed by atoms with Gasteiger partial charge in [-0.05, 0) is 50.0 Å². The number of quaternary nitrogens is 1. The van der Waals surface area contributed by atoms with Gasteiger partial charge in [-0.15, -0.1) is 0 Å². The number of hydrogen-bond donors (Lipinski definition) is 1. The van der Waals surface area contributed by atoms with Gasteiger partial charge in [-0.3, -0.25) is 0 Å². The lowest BCUT2D eigenvalue weighted by Crippen LogP contribution is -3.07. The van der Waals surface area contributed by atoms with Crippen molar-refractivity contribution in [1.29, 1.82) is 0 Å². The van der Waals surface area contributed by atoms with Gasteiger partial charge < -0.3 is 9.47 Å². The number of aromatic nitrogens is 3. The summed E-state index contributed by atoms with van der Waals surface area (Å²) in [6, 6.07) is 7.38. The van der Waals surface area contributed by atoms with Crippen LogP contribution in [0.3, 0.4) is 0 Å². The maximum atomic E-state index is 13.3. The lowest BCUT2D eigenvalue weighted by Gasteiger charge is -2.13. The number of nitrogens with zero attached hydrogens (tertiary/aromatic N) is 3. The fourth-order valence-corrected chi connectivity index (χ4v) is 3.49. The van der Waals surface area contributed by atoms with E-state index in [2.05, 4.69) is 11.6 Å². The molecule has 2 fully saturated rings.